The van der Waals surface area contributed by atoms with E-state index in [-0.39, 0.29) is 18.2 Å². The van der Waals surface area contributed by atoms with Crippen LogP contribution in [-0.2, 0) is 10.0 Å². The van der Waals surface area contributed by atoms with E-state index in [1.165, 1.54) is 0 Å². The van der Waals surface area contributed by atoms with Gasteiger partial charge in [0, 0.05) is 5.56 Å². The average Bonchev–Trinajstić information content (AvgIpc) is 2.28. The molecule has 5 heteroatoms. The standard InChI is InChI=1S/C14H20N2O2S/c1-11(2)10-19(17,18)16-14-9-13(5-4-8-15)7-6-12(14)3/h6-7,9,11,16H,8,10,15H2,1-3H3. The van der Waals surface area contributed by atoms with Crippen molar-refractivity contribution >= 4 is 15.7 Å². The molecule has 1 aromatic rings. The highest BCUT2D eigenvalue weighted by Crippen LogP contribution is 2.18. The van der Waals surface area contributed by atoms with Gasteiger partial charge in [-0.05, 0) is 30.5 Å². The van der Waals surface area contributed by atoms with E-state index in [2.05, 4.69) is 16.6 Å². The molecule has 0 unspecified atom stereocenters. The van der Waals surface area contributed by atoms with Crippen LogP contribution in [0.25, 0.3) is 0 Å². The van der Waals surface area contributed by atoms with Crippen LogP contribution in [0.2, 0.25) is 0 Å². The molecule has 0 aliphatic carbocycles. The Kier molecular flexibility index (Phi) is 5.40. The number of rotatable bonds is 4. The van der Waals surface area contributed by atoms with Crippen molar-refractivity contribution in [2.45, 2.75) is 20.8 Å². The Hall–Kier alpha value is -1.51. The van der Waals surface area contributed by atoms with Crippen molar-refractivity contribution in [2.75, 3.05) is 17.0 Å². The molecular weight excluding hydrogens is 260 g/mol. The van der Waals surface area contributed by atoms with Crippen LogP contribution in [0.1, 0.15) is 25.0 Å². The zero-order valence-corrected chi connectivity index (χ0v) is 12.3. The van der Waals surface area contributed by atoms with Crippen molar-refractivity contribution in [3.63, 3.8) is 0 Å². The number of nitrogens with two attached hydrogens (primary N) is 1. The molecule has 0 heterocycles. The van der Waals surface area contributed by atoms with Gasteiger partial charge in [0.05, 0.1) is 18.0 Å². The monoisotopic (exact) mass is 280 g/mol. The van der Waals surface area contributed by atoms with Gasteiger partial charge >= 0.3 is 0 Å². The molecule has 0 bridgehead atoms. The molecular formula is C14H20N2O2S. The second kappa shape index (κ2) is 6.60. The van der Waals surface area contributed by atoms with Crippen LogP contribution >= 0.6 is 0 Å². The van der Waals surface area contributed by atoms with Gasteiger partial charge in [-0.2, -0.15) is 0 Å². The van der Waals surface area contributed by atoms with Crippen molar-refractivity contribution in [1.82, 2.24) is 0 Å². The number of aryl methyl sites for hydroxylation is 1. The zero-order valence-electron chi connectivity index (χ0n) is 11.5. The van der Waals surface area contributed by atoms with Crippen LogP contribution in [0.5, 0.6) is 0 Å². The summed E-state index contributed by atoms with van der Waals surface area (Å²) in [6, 6.07) is 5.42. The minimum atomic E-state index is -3.32. The fourth-order valence-corrected chi connectivity index (χ4v) is 3.13. The van der Waals surface area contributed by atoms with E-state index >= 15 is 0 Å². The van der Waals surface area contributed by atoms with E-state index in [0.29, 0.717) is 5.69 Å². The van der Waals surface area contributed by atoms with E-state index in [1.807, 2.05) is 32.9 Å². The van der Waals surface area contributed by atoms with Gasteiger partial charge in [-0.1, -0.05) is 31.8 Å². The third-order valence-corrected chi connectivity index (χ3v) is 4.03. The smallest absolute Gasteiger partial charge is 0.232 e. The SMILES string of the molecule is Cc1ccc(C#CCN)cc1NS(=O)(=O)CC(C)C. The summed E-state index contributed by atoms with van der Waals surface area (Å²) in [6.45, 7) is 5.88. The van der Waals surface area contributed by atoms with Crippen molar-refractivity contribution in [2.24, 2.45) is 11.7 Å². The average molecular weight is 280 g/mol. The zero-order chi connectivity index (χ0) is 14.5. The van der Waals surface area contributed by atoms with Crippen molar-refractivity contribution in [3.05, 3.63) is 29.3 Å². The Morgan fingerprint density at radius 3 is 2.63 bits per heavy atom. The van der Waals surface area contributed by atoms with Gasteiger partial charge in [0.15, 0.2) is 0 Å². The van der Waals surface area contributed by atoms with Gasteiger partial charge < -0.3 is 5.73 Å². The third-order valence-electron chi connectivity index (χ3n) is 2.39. The lowest BCUT2D eigenvalue weighted by Gasteiger charge is -2.12. The van der Waals surface area contributed by atoms with E-state index < -0.39 is 10.0 Å². The molecule has 0 aromatic heterocycles. The molecule has 0 aliphatic heterocycles. The van der Waals surface area contributed by atoms with Crippen LogP contribution in [0.4, 0.5) is 5.69 Å². The number of nitrogens with one attached hydrogen (secondary N) is 1. The van der Waals surface area contributed by atoms with Crippen LogP contribution < -0.4 is 10.5 Å². The van der Waals surface area contributed by atoms with Crippen molar-refractivity contribution in [3.8, 4) is 11.8 Å². The number of hydrogen-bond donors (Lipinski definition) is 2. The maximum atomic E-state index is 11.9. The van der Waals surface area contributed by atoms with Gasteiger partial charge in [-0.3, -0.25) is 4.72 Å². The molecule has 0 radical (unpaired) electrons. The maximum absolute atomic E-state index is 11.9. The first-order valence-corrected chi connectivity index (χ1v) is 7.79. The minimum Gasteiger partial charge on any atom is -0.320 e. The van der Waals surface area contributed by atoms with E-state index in [1.54, 1.807) is 6.07 Å². The molecule has 0 saturated carbocycles. The van der Waals surface area contributed by atoms with Crippen LogP contribution in [0.3, 0.4) is 0 Å². The van der Waals surface area contributed by atoms with Gasteiger partial charge in [-0.25, -0.2) is 8.42 Å². The minimum absolute atomic E-state index is 0.0815. The van der Waals surface area contributed by atoms with Crippen LogP contribution in [0.15, 0.2) is 18.2 Å². The van der Waals surface area contributed by atoms with Crippen molar-refractivity contribution < 1.29 is 8.42 Å². The molecule has 1 aromatic carbocycles. The first-order valence-electron chi connectivity index (χ1n) is 6.14. The molecule has 3 N–H and O–H groups in total. The number of hydrogen-bond acceptors (Lipinski definition) is 3. The van der Waals surface area contributed by atoms with E-state index in [0.717, 1.165) is 11.1 Å². The summed E-state index contributed by atoms with van der Waals surface area (Å²) in [5.41, 5.74) is 7.50. The summed E-state index contributed by atoms with van der Waals surface area (Å²) < 4.78 is 26.4. The second-order valence-electron chi connectivity index (χ2n) is 4.81. The topological polar surface area (TPSA) is 72.2 Å². The molecule has 0 saturated heterocycles. The molecule has 0 aliphatic rings. The highest BCUT2D eigenvalue weighted by atomic mass is 32.2. The van der Waals surface area contributed by atoms with E-state index in [4.69, 9.17) is 5.73 Å². The van der Waals surface area contributed by atoms with Crippen molar-refractivity contribution in [1.29, 1.82) is 0 Å². The summed E-state index contributed by atoms with van der Waals surface area (Å²) in [5, 5.41) is 0. The maximum Gasteiger partial charge on any atom is 0.232 e. The molecule has 19 heavy (non-hydrogen) atoms. The second-order valence-corrected chi connectivity index (χ2v) is 6.58. The molecule has 0 atom stereocenters. The quantitative estimate of drug-likeness (QED) is 0.825. The van der Waals surface area contributed by atoms with Gasteiger partial charge in [0.1, 0.15) is 0 Å². The fraction of sp³-hybridized carbons (Fsp3) is 0.429. The number of sulfonamides is 1. The first-order chi connectivity index (χ1) is 8.84. The lowest BCUT2D eigenvalue weighted by Crippen LogP contribution is -2.20. The summed E-state index contributed by atoms with van der Waals surface area (Å²) in [7, 11) is -3.32. The Morgan fingerprint density at radius 1 is 1.37 bits per heavy atom. The highest BCUT2D eigenvalue weighted by molar-refractivity contribution is 7.92. The van der Waals surface area contributed by atoms with Crippen LogP contribution in [-0.4, -0.2) is 20.7 Å². The Bertz CT molecular complexity index is 596. The Balaban J connectivity index is 3.00. The Morgan fingerprint density at radius 2 is 2.05 bits per heavy atom. The summed E-state index contributed by atoms with van der Waals surface area (Å²) in [4.78, 5) is 0. The number of anilines is 1. The summed E-state index contributed by atoms with van der Waals surface area (Å²) in [6.07, 6.45) is 0. The molecule has 0 spiro atoms. The molecule has 4 nitrogen and oxygen atoms in total. The lowest BCUT2D eigenvalue weighted by molar-refractivity contribution is 0.587. The lowest BCUT2D eigenvalue weighted by atomic mass is 10.1. The van der Waals surface area contributed by atoms with Crippen LogP contribution in [0, 0.1) is 24.7 Å². The molecule has 0 amide bonds. The third kappa shape index (κ3) is 5.33. The summed E-state index contributed by atoms with van der Waals surface area (Å²) in [5.74, 6) is 5.82. The largest absolute Gasteiger partial charge is 0.320 e. The van der Waals surface area contributed by atoms with Gasteiger partial charge in [0.2, 0.25) is 10.0 Å². The molecule has 104 valence electrons. The highest BCUT2D eigenvalue weighted by Gasteiger charge is 2.14. The first kappa shape index (κ1) is 15.5. The fourth-order valence-electron chi connectivity index (χ4n) is 1.61. The molecule has 1 rings (SSSR count). The summed E-state index contributed by atoms with van der Waals surface area (Å²) >= 11 is 0. The number of benzene rings is 1. The molecule has 0 fully saturated rings. The van der Waals surface area contributed by atoms with E-state index in [9.17, 15) is 8.42 Å². The normalized spacial score (nSPS) is 11.0. The predicted octanol–water partition coefficient (Wildman–Crippen LogP) is 1.70. The predicted molar refractivity (Wildman–Crippen MR) is 79.4 cm³/mol. The van der Waals surface area contributed by atoms with Gasteiger partial charge in [0.25, 0.3) is 0 Å². The Labute approximate surface area is 115 Å². The van der Waals surface area contributed by atoms with Gasteiger partial charge in [-0.15, -0.1) is 0 Å².